The van der Waals surface area contributed by atoms with Crippen molar-refractivity contribution in [1.82, 2.24) is 4.98 Å². The maximum atomic E-state index is 13.8. The minimum Gasteiger partial charge on any atom is -0.471 e. The quantitative estimate of drug-likeness (QED) is 0.697. The minimum absolute atomic E-state index is 0.127. The van der Waals surface area contributed by atoms with Gasteiger partial charge < -0.3 is 4.74 Å². The Hall–Kier alpha value is -2.25. The van der Waals surface area contributed by atoms with Crippen LogP contribution in [0.4, 0.5) is 22.0 Å². The first-order valence-corrected chi connectivity index (χ1v) is 8.12. The van der Waals surface area contributed by atoms with Crippen molar-refractivity contribution in [2.24, 2.45) is 4.99 Å². The molecule has 3 rings (SSSR count). The summed E-state index contributed by atoms with van der Waals surface area (Å²) in [6.45, 7) is 3.54. The summed E-state index contributed by atoms with van der Waals surface area (Å²) in [5, 5.41) is 0.350. The molecule has 0 amide bonds. The smallest absolute Gasteiger partial charge is 0.389 e. The molecule has 8 heteroatoms. The Balaban J connectivity index is 1.94. The Kier molecular flexibility index (Phi) is 4.62. The summed E-state index contributed by atoms with van der Waals surface area (Å²) in [6, 6.07) is 3.35. The van der Waals surface area contributed by atoms with Gasteiger partial charge in [-0.3, -0.25) is 4.98 Å². The van der Waals surface area contributed by atoms with Crippen LogP contribution in [0.3, 0.4) is 0 Å². The Morgan fingerprint density at radius 1 is 1.23 bits per heavy atom. The second-order valence-corrected chi connectivity index (χ2v) is 6.96. The molecule has 1 unspecified atom stereocenters. The summed E-state index contributed by atoms with van der Waals surface area (Å²) >= 11 is 0. The second-order valence-electron chi connectivity index (χ2n) is 6.96. The molecule has 1 aliphatic heterocycles. The molecule has 26 heavy (non-hydrogen) atoms. The number of hydrogen-bond donors (Lipinski definition) is 0. The number of pyridine rings is 1. The van der Waals surface area contributed by atoms with Crippen LogP contribution < -0.4 is 0 Å². The third-order valence-electron chi connectivity index (χ3n) is 4.15. The van der Waals surface area contributed by atoms with Gasteiger partial charge >= 0.3 is 6.18 Å². The molecule has 3 nitrogen and oxygen atoms in total. The third kappa shape index (κ3) is 4.11. The lowest BCUT2D eigenvalue weighted by Crippen LogP contribution is -2.38. The number of rotatable bonds is 3. The summed E-state index contributed by atoms with van der Waals surface area (Å²) in [6.07, 6.45) is -3.67. The molecule has 1 aliphatic rings. The highest BCUT2D eigenvalue weighted by atomic mass is 19.4. The largest absolute Gasteiger partial charge is 0.471 e. The van der Waals surface area contributed by atoms with Gasteiger partial charge in [-0.15, -0.1) is 0 Å². The van der Waals surface area contributed by atoms with Crippen LogP contribution in [0.25, 0.3) is 10.9 Å². The van der Waals surface area contributed by atoms with Crippen LogP contribution in [0.15, 0.2) is 29.4 Å². The van der Waals surface area contributed by atoms with Crippen LogP contribution >= 0.6 is 0 Å². The predicted molar refractivity (Wildman–Crippen MR) is 87.1 cm³/mol. The van der Waals surface area contributed by atoms with Gasteiger partial charge in [0.05, 0.1) is 11.6 Å². The molecule has 0 aliphatic carbocycles. The molecular formula is C18H17F5N2O. The van der Waals surface area contributed by atoms with Crippen molar-refractivity contribution >= 4 is 16.8 Å². The normalized spacial score (nSPS) is 20.0. The van der Waals surface area contributed by atoms with E-state index in [1.54, 1.807) is 13.8 Å². The monoisotopic (exact) mass is 372 g/mol. The molecule has 0 spiro atoms. The lowest BCUT2D eigenvalue weighted by Gasteiger charge is -2.35. The summed E-state index contributed by atoms with van der Waals surface area (Å²) in [4.78, 5) is 8.20. The molecule has 0 saturated heterocycles. The molecule has 0 bridgehead atoms. The van der Waals surface area contributed by atoms with Crippen LogP contribution in [0.5, 0.6) is 0 Å². The number of alkyl halides is 3. The third-order valence-corrected chi connectivity index (χ3v) is 4.15. The Morgan fingerprint density at radius 2 is 1.96 bits per heavy atom. The van der Waals surface area contributed by atoms with Crippen molar-refractivity contribution in [3.63, 3.8) is 0 Å². The molecule has 0 radical (unpaired) electrons. The van der Waals surface area contributed by atoms with E-state index in [4.69, 9.17) is 4.74 Å². The molecule has 1 aromatic carbocycles. The lowest BCUT2D eigenvalue weighted by molar-refractivity contribution is -0.137. The van der Waals surface area contributed by atoms with E-state index in [9.17, 15) is 22.0 Å². The average Bonchev–Trinajstić information content (AvgIpc) is 2.54. The first-order chi connectivity index (χ1) is 12.0. The van der Waals surface area contributed by atoms with Crippen molar-refractivity contribution in [3.8, 4) is 0 Å². The Morgan fingerprint density at radius 3 is 2.65 bits per heavy atom. The molecule has 2 heterocycles. The van der Waals surface area contributed by atoms with Crippen LogP contribution in [-0.2, 0) is 4.74 Å². The molecule has 0 N–H and O–H groups in total. The van der Waals surface area contributed by atoms with E-state index >= 15 is 0 Å². The Bertz CT molecular complexity index is 861. The number of nitrogens with zero attached hydrogens (tertiary/aromatic N) is 2. The maximum Gasteiger partial charge on any atom is 0.389 e. The van der Waals surface area contributed by atoms with Gasteiger partial charge in [0, 0.05) is 24.4 Å². The van der Waals surface area contributed by atoms with E-state index in [1.807, 2.05) is 0 Å². The van der Waals surface area contributed by atoms with Crippen molar-refractivity contribution in [2.75, 3.05) is 0 Å². The summed E-state index contributed by atoms with van der Waals surface area (Å²) < 4.78 is 70.4. The van der Waals surface area contributed by atoms with Crippen LogP contribution in [0, 0.1) is 11.6 Å². The highest BCUT2D eigenvalue weighted by molar-refractivity contribution is 5.97. The Labute approximate surface area is 146 Å². The number of ether oxygens (including phenoxy) is 1. The SMILES string of the molecule is CC1(C)CC(CCC(F)(F)F)N=C(c2cnc3c(F)c(F)ccc3c2)O1. The number of aromatic nitrogens is 1. The number of fused-ring (bicyclic) bond motifs is 1. The highest BCUT2D eigenvalue weighted by Gasteiger charge is 2.35. The summed E-state index contributed by atoms with van der Waals surface area (Å²) in [5.74, 6) is -1.89. The summed E-state index contributed by atoms with van der Waals surface area (Å²) in [5.41, 5.74) is -0.414. The number of aliphatic imine (C=N–C) groups is 1. The molecule has 0 saturated carbocycles. The van der Waals surface area contributed by atoms with Crippen LogP contribution in [-0.4, -0.2) is 28.7 Å². The molecule has 1 atom stereocenters. The van der Waals surface area contributed by atoms with Crippen molar-refractivity contribution < 1.29 is 26.7 Å². The lowest BCUT2D eigenvalue weighted by atomic mass is 9.94. The number of benzene rings is 1. The van der Waals surface area contributed by atoms with Gasteiger partial charge in [-0.05, 0) is 38.5 Å². The van der Waals surface area contributed by atoms with Gasteiger partial charge in [-0.1, -0.05) is 0 Å². The van der Waals surface area contributed by atoms with Gasteiger partial charge in [0.2, 0.25) is 5.90 Å². The molecule has 0 fully saturated rings. The van der Waals surface area contributed by atoms with Crippen LogP contribution in [0.1, 0.15) is 38.7 Å². The van der Waals surface area contributed by atoms with E-state index in [0.717, 1.165) is 6.07 Å². The van der Waals surface area contributed by atoms with E-state index in [-0.39, 0.29) is 17.8 Å². The molecule has 1 aromatic heterocycles. The minimum atomic E-state index is -4.25. The van der Waals surface area contributed by atoms with Crippen molar-refractivity contribution in [1.29, 1.82) is 0 Å². The fourth-order valence-electron chi connectivity index (χ4n) is 3.00. The zero-order valence-corrected chi connectivity index (χ0v) is 14.2. The topological polar surface area (TPSA) is 34.5 Å². The van der Waals surface area contributed by atoms with Gasteiger partial charge in [0.25, 0.3) is 0 Å². The van der Waals surface area contributed by atoms with Gasteiger partial charge in [0.15, 0.2) is 11.6 Å². The average molecular weight is 372 g/mol. The zero-order chi connectivity index (χ0) is 19.1. The maximum absolute atomic E-state index is 13.8. The fraction of sp³-hybridized carbons (Fsp3) is 0.444. The van der Waals surface area contributed by atoms with Crippen LogP contribution in [0.2, 0.25) is 0 Å². The van der Waals surface area contributed by atoms with E-state index in [0.29, 0.717) is 17.4 Å². The highest BCUT2D eigenvalue weighted by Crippen LogP contribution is 2.32. The van der Waals surface area contributed by atoms with Gasteiger partial charge in [0.1, 0.15) is 11.1 Å². The number of hydrogen-bond acceptors (Lipinski definition) is 3. The summed E-state index contributed by atoms with van der Waals surface area (Å²) in [7, 11) is 0. The first kappa shape index (κ1) is 18.5. The standard InChI is InChI=1S/C18H17F5N2O/c1-17(2)8-12(5-6-18(21,22)23)25-16(26-17)11-7-10-3-4-13(19)14(20)15(10)24-9-11/h3-4,7,9,12H,5-6,8H2,1-2H3. The van der Waals surface area contributed by atoms with Gasteiger partial charge in [-0.2, -0.15) is 13.2 Å². The number of halogens is 5. The molecule has 140 valence electrons. The van der Waals surface area contributed by atoms with E-state index in [2.05, 4.69) is 9.98 Å². The van der Waals surface area contributed by atoms with Crippen molar-refractivity contribution in [3.05, 3.63) is 41.6 Å². The molecule has 2 aromatic rings. The van der Waals surface area contributed by atoms with E-state index in [1.165, 1.54) is 18.3 Å². The van der Waals surface area contributed by atoms with Gasteiger partial charge in [-0.25, -0.2) is 13.8 Å². The first-order valence-electron chi connectivity index (χ1n) is 8.12. The van der Waals surface area contributed by atoms with Crippen molar-refractivity contribution in [2.45, 2.75) is 50.9 Å². The van der Waals surface area contributed by atoms with E-state index < -0.39 is 35.9 Å². The predicted octanol–water partition coefficient (Wildman–Crippen LogP) is 5.17. The fourth-order valence-corrected chi connectivity index (χ4v) is 3.00. The zero-order valence-electron chi connectivity index (χ0n) is 14.2. The second kappa shape index (κ2) is 6.48. The molecular weight excluding hydrogens is 355 g/mol.